The van der Waals surface area contributed by atoms with E-state index in [0.29, 0.717) is 18.3 Å². The van der Waals surface area contributed by atoms with Crippen molar-refractivity contribution in [3.05, 3.63) is 59.9 Å². The normalized spacial score (nSPS) is 11.9. The van der Waals surface area contributed by atoms with Crippen LogP contribution in [0.1, 0.15) is 11.4 Å². The van der Waals surface area contributed by atoms with Gasteiger partial charge in [0.25, 0.3) is 5.89 Å². The molecule has 2 N–H and O–H groups in total. The Bertz CT molecular complexity index is 1120. The van der Waals surface area contributed by atoms with Gasteiger partial charge in [-0.15, -0.1) is 12.4 Å². The molecule has 0 saturated heterocycles. The summed E-state index contributed by atoms with van der Waals surface area (Å²) in [6, 6.07) is 15.8. The highest BCUT2D eigenvalue weighted by Gasteiger charge is 2.19. The summed E-state index contributed by atoms with van der Waals surface area (Å²) in [5.41, 5.74) is 9.18. The van der Waals surface area contributed by atoms with Crippen LogP contribution in [-0.2, 0) is 13.5 Å². The topological polar surface area (TPSA) is 88.3 Å². The van der Waals surface area contributed by atoms with Gasteiger partial charge < -0.3 is 24.3 Å². The van der Waals surface area contributed by atoms with Crippen LogP contribution in [0.3, 0.4) is 0 Å². The van der Waals surface area contributed by atoms with Crippen molar-refractivity contribution in [3.63, 3.8) is 0 Å². The lowest BCUT2D eigenvalue weighted by Crippen LogP contribution is -2.30. The lowest BCUT2D eigenvalue weighted by molar-refractivity contribution is 0.290. The minimum Gasteiger partial charge on any atom is -0.495 e. The van der Waals surface area contributed by atoms with Crippen LogP contribution in [-0.4, -0.2) is 34.5 Å². The molecule has 2 aromatic heterocycles. The number of aryl methyl sites for hydroxylation is 2. The maximum absolute atomic E-state index is 6.29. The third-order valence-electron chi connectivity index (χ3n) is 4.88. The molecule has 4 rings (SSSR count). The van der Waals surface area contributed by atoms with E-state index in [0.717, 1.165) is 34.5 Å². The van der Waals surface area contributed by atoms with Crippen molar-refractivity contribution in [2.45, 2.75) is 19.4 Å². The van der Waals surface area contributed by atoms with E-state index >= 15 is 0 Å². The van der Waals surface area contributed by atoms with Crippen LogP contribution in [0.2, 0.25) is 0 Å². The maximum atomic E-state index is 6.29. The monoisotopic (exact) mass is 428 g/mol. The minimum atomic E-state index is -0.115. The molecule has 1 atom stereocenters. The second-order valence-electron chi connectivity index (χ2n) is 7.02. The van der Waals surface area contributed by atoms with Gasteiger partial charge in [0.05, 0.1) is 12.6 Å². The lowest BCUT2D eigenvalue weighted by atomic mass is 10.1. The molecular weight excluding hydrogens is 404 g/mol. The van der Waals surface area contributed by atoms with Gasteiger partial charge in [-0.3, -0.25) is 0 Å². The number of rotatable bonds is 7. The van der Waals surface area contributed by atoms with Crippen LogP contribution < -0.4 is 15.2 Å². The van der Waals surface area contributed by atoms with Crippen molar-refractivity contribution >= 4 is 23.3 Å². The van der Waals surface area contributed by atoms with E-state index in [1.807, 2.05) is 48.0 Å². The average molecular weight is 429 g/mol. The quantitative estimate of drug-likeness (QED) is 0.480. The molecule has 0 spiro atoms. The van der Waals surface area contributed by atoms with Gasteiger partial charge in [-0.2, -0.15) is 4.98 Å². The number of benzene rings is 2. The van der Waals surface area contributed by atoms with E-state index in [4.69, 9.17) is 19.7 Å². The zero-order valence-corrected chi connectivity index (χ0v) is 18.0. The highest BCUT2D eigenvalue weighted by molar-refractivity contribution is 5.95. The van der Waals surface area contributed by atoms with Crippen molar-refractivity contribution in [3.8, 4) is 23.1 Å². The van der Waals surface area contributed by atoms with Gasteiger partial charge in [0, 0.05) is 18.5 Å². The second kappa shape index (κ2) is 9.19. The molecule has 0 radical (unpaired) electrons. The predicted octanol–water partition coefficient (Wildman–Crippen LogP) is 3.92. The summed E-state index contributed by atoms with van der Waals surface area (Å²) in [6.45, 7) is 2.19. The number of ether oxygens (including phenoxy) is 2. The van der Waals surface area contributed by atoms with Crippen LogP contribution in [0, 0.1) is 6.92 Å². The molecule has 2 heterocycles. The van der Waals surface area contributed by atoms with Crippen molar-refractivity contribution in [2.24, 2.45) is 12.8 Å². The Kier molecular flexibility index (Phi) is 6.64. The van der Waals surface area contributed by atoms with Crippen molar-refractivity contribution in [2.75, 3.05) is 13.7 Å². The molecule has 0 aliphatic carbocycles. The summed E-state index contributed by atoms with van der Waals surface area (Å²) in [5, 5.41) is 4.80. The lowest BCUT2D eigenvalue weighted by Gasteiger charge is -2.15. The first-order valence-electron chi connectivity index (χ1n) is 9.46. The van der Waals surface area contributed by atoms with Gasteiger partial charge in [0.2, 0.25) is 0 Å². The number of halogens is 1. The van der Waals surface area contributed by atoms with Crippen molar-refractivity contribution in [1.82, 2.24) is 14.7 Å². The molecule has 0 unspecified atom stereocenters. The number of methoxy groups -OCH3 is 1. The van der Waals surface area contributed by atoms with E-state index in [9.17, 15) is 0 Å². The van der Waals surface area contributed by atoms with Gasteiger partial charge in [0.15, 0.2) is 5.82 Å². The number of fused-ring (bicyclic) bond motifs is 1. The van der Waals surface area contributed by atoms with E-state index in [2.05, 4.69) is 22.3 Å². The van der Waals surface area contributed by atoms with Crippen molar-refractivity contribution in [1.29, 1.82) is 0 Å². The zero-order chi connectivity index (χ0) is 20.4. The average Bonchev–Trinajstić information content (AvgIpc) is 3.30. The van der Waals surface area contributed by atoms with Crippen LogP contribution in [0.25, 0.3) is 22.5 Å². The predicted molar refractivity (Wildman–Crippen MR) is 118 cm³/mol. The molecule has 8 heteroatoms. The third-order valence-corrected chi connectivity index (χ3v) is 4.88. The Morgan fingerprint density at radius 1 is 1.13 bits per heavy atom. The zero-order valence-electron chi connectivity index (χ0n) is 17.2. The highest BCUT2D eigenvalue weighted by Crippen LogP contribution is 2.38. The molecule has 0 fully saturated rings. The number of nitrogens with zero attached hydrogens (tertiary/aromatic N) is 3. The Hall–Kier alpha value is -3.03. The summed E-state index contributed by atoms with van der Waals surface area (Å²) in [5.74, 6) is 2.52. The first-order valence-corrected chi connectivity index (χ1v) is 9.46. The largest absolute Gasteiger partial charge is 0.495 e. The summed E-state index contributed by atoms with van der Waals surface area (Å²) < 4.78 is 19.0. The smallest absolute Gasteiger partial charge is 0.274 e. The van der Waals surface area contributed by atoms with Gasteiger partial charge in [0.1, 0.15) is 23.8 Å². The fourth-order valence-corrected chi connectivity index (χ4v) is 3.48. The van der Waals surface area contributed by atoms with Gasteiger partial charge in [-0.05, 0) is 37.1 Å². The minimum absolute atomic E-state index is 0. The third kappa shape index (κ3) is 4.27. The molecule has 0 aliphatic heterocycles. The Balaban J connectivity index is 0.00000256. The van der Waals surface area contributed by atoms with Crippen LogP contribution in [0.5, 0.6) is 11.5 Å². The molecule has 30 heavy (non-hydrogen) atoms. The number of hydrogen-bond acceptors (Lipinski definition) is 6. The number of hydrogen-bond donors (Lipinski definition) is 1. The summed E-state index contributed by atoms with van der Waals surface area (Å²) in [6.07, 6.45) is 0.751. The molecule has 4 aromatic rings. The van der Waals surface area contributed by atoms with E-state index in [1.165, 1.54) is 5.56 Å². The standard InChI is InChI=1S/C22H24N4O3.ClH/c1-14-24-22(29-25-14)18-12-17-19(9-10-20(27-3)21(17)26(18)2)28-13-16(23)11-15-7-5-4-6-8-15;/h4-10,12,16H,11,13,23H2,1-3H3;1H/t16-;/m1./s1. The molecule has 158 valence electrons. The molecule has 2 aromatic carbocycles. The van der Waals surface area contributed by atoms with Gasteiger partial charge in [-0.1, -0.05) is 35.5 Å². The molecular formula is C22H25ClN4O3. The Labute approximate surface area is 181 Å². The first kappa shape index (κ1) is 21.7. The molecule has 0 aliphatic rings. The van der Waals surface area contributed by atoms with Crippen LogP contribution in [0.15, 0.2) is 53.1 Å². The van der Waals surface area contributed by atoms with Crippen LogP contribution in [0.4, 0.5) is 0 Å². The Morgan fingerprint density at radius 2 is 1.87 bits per heavy atom. The Morgan fingerprint density at radius 3 is 2.53 bits per heavy atom. The molecule has 0 bridgehead atoms. The van der Waals surface area contributed by atoms with Gasteiger partial charge in [-0.25, -0.2) is 0 Å². The summed E-state index contributed by atoms with van der Waals surface area (Å²) >= 11 is 0. The fourth-order valence-electron chi connectivity index (χ4n) is 3.48. The van der Waals surface area contributed by atoms with Crippen molar-refractivity contribution < 1.29 is 14.0 Å². The SMILES string of the molecule is COc1ccc(OC[C@H](N)Cc2ccccc2)c2cc(-c3nc(C)no3)n(C)c12.Cl. The summed E-state index contributed by atoms with van der Waals surface area (Å²) in [7, 11) is 3.58. The summed E-state index contributed by atoms with van der Waals surface area (Å²) in [4.78, 5) is 4.34. The van der Waals surface area contributed by atoms with Gasteiger partial charge >= 0.3 is 0 Å². The molecule has 0 saturated carbocycles. The second-order valence-corrected chi connectivity index (χ2v) is 7.02. The number of nitrogens with two attached hydrogens (primary N) is 1. The fraction of sp³-hybridized carbons (Fsp3) is 0.273. The van der Waals surface area contributed by atoms with E-state index < -0.39 is 0 Å². The molecule has 7 nitrogen and oxygen atoms in total. The molecule has 0 amide bonds. The van der Waals surface area contributed by atoms with E-state index in [-0.39, 0.29) is 18.4 Å². The first-order chi connectivity index (χ1) is 14.1. The van der Waals surface area contributed by atoms with E-state index in [1.54, 1.807) is 14.0 Å². The van der Waals surface area contributed by atoms with Crippen LogP contribution >= 0.6 is 12.4 Å². The number of aromatic nitrogens is 3. The maximum Gasteiger partial charge on any atom is 0.274 e. The highest BCUT2D eigenvalue weighted by atomic mass is 35.5.